The fraction of sp³-hybridized carbons (Fsp3) is 0.250. The quantitative estimate of drug-likeness (QED) is 0.362. The molecule has 34 heavy (non-hydrogen) atoms. The molecule has 0 saturated carbocycles. The van der Waals surface area contributed by atoms with E-state index in [1.165, 1.54) is 6.92 Å². The van der Waals surface area contributed by atoms with Gasteiger partial charge in [-0.15, -0.1) is 0 Å². The molecule has 0 aliphatic heterocycles. The van der Waals surface area contributed by atoms with Crippen molar-refractivity contribution in [2.24, 2.45) is 12.0 Å². The maximum atomic E-state index is 13.0. The molecule has 3 aromatic rings. The van der Waals surface area contributed by atoms with Gasteiger partial charge in [0.15, 0.2) is 0 Å². The molecule has 10 heteroatoms. The molecule has 0 bridgehead atoms. The third-order valence-electron chi connectivity index (χ3n) is 5.17. The lowest BCUT2D eigenvalue weighted by Gasteiger charge is -2.15. The van der Waals surface area contributed by atoms with Crippen LogP contribution in [0.4, 0.5) is 11.4 Å². The molecule has 1 aromatic heterocycles. The standard InChI is InChI=1S/C24H27ClN6O3/c1-14-20(15(2)31(4)30-14)13-26-24(28-21-12-18(25)8-11-22(21)34-5)29-23(33)17-6-9-19(10-7-17)27-16(3)32/h6-12H,13H2,1-5H3,(H,27,32)(H2,26,28,29,33). The average Bonchev–Trinajstić information content (AvgIpc) is 3.03. The van der Waals surface area contributed by atoms with Crippen LogP contribution in [0.5, 0.6) is 5.75 Å². The fourth-order valence-electron chi connectivity index (χ4n) is 3.31. The van der Waals surface area contributed by atoms with Crippen LogP contribution in [0.2, 0.25) is 5.02 Å². The first-order chi connectivity index (χ1) is 16.2. The van der Waals surface area contributed by atoms with Crippen LogP contribution in [0.3, 0.4) is 0 Å². The Morgan fingerprint density at radius 1 is 1.12 bits per heavy atom. The number of carbonyl (C=O) groups is 2. The lowest BCUT2D eigenvalue weighted by Crippen LogP contribution is -2.36. The molecular weight excluding hydrogens is 456 g/mol. The van der Waals surface area contributed by atoms with E-state index >= 15 is 0 Å². The van der Waals surface area contributed by atoms with Gasteiger partial charge in [-0.25, -0.2) is 4.99 Å². The number of aryl methyl sites for hydroxylation is 2. The van der Waals surface area contributed by atoms with Gasteiger partial charge in [0.05, 0.1) is 25.0 Å². The molecule has 9 nitrogen and oxygen atoms in total. The molecule has 0 unspecified atom stereocenters. The summed E-state index contributed by atoms with van der Waals surface area (Å²) in [6.45, 7) is 5.61. The second-order valence-electron chi connectivity index (χ2n) is 7.62. The van der Waals surface area contributed by atoms with Gasteiger partial charge in [-0.3, -0.25) is 19.6 Å². The number of amides is 2. The zero-order valence-corrected chi connectivity index (χ0v) is 20.4. The molecule has 1 heterocycles. The number of anilines is 2. The summed E-state index contributed by atoms with van der Waals surface area (Å²) in [5.41, 5.74) is 4.37. The topological polar surface area (TPSA) is 110 Å². The Bertz CT molecular complexity index is 1230. The van der Waals surface area contributed by atoms with Crippen molar-refractivity contribution in [3.05, 3.63) is 70.0 Å². The molecule has 0 aliphatic rings. The van der Waals surface area contributed by atoms with Crippen molar-refractivity contribution in [3.63, 3.8) is 0 Å². The van der Waals surface area contributed by atoms with Crippen LogP contribution < -0.4 is 20.7 Å². The lowest BCUT2D eigenvalue weighted by molar-refractivity contribution is -0.114. The predicted octanol–water partition coefficient (Wildman–Crippen LogP) is 4.06. The average molecular weight is 483 g/mol. The van der Waals surface area contributed by atoms with Crippen molar-refractivity contribution in [1.82, 2.24) is 15.1 Å². The Kier molecular flexibility index (Phi) is 7.91. The molecule has 178 valence electrons. The summed E-state index contributed by atoms with van der Waals surface area (Å²) in [5.74, 6) is 0.201. The van der Waals surface area contributed by atoms with E-state index < -0.39 is 0 Å². The first-order valence-corrected chi connectivity index (χ1v) is 10.9. The number of halogens is 1. The molecule has 0 fully saturated rings. The molecule has 0 radical (unpaired) electrons. The van der Waals surface area contributed by atoms with Crippen LogP contribution in [0.1, 0.15) is 34.2 Å². The first kappa shape index (κ1) is 24.8. The number of nitrogens with zero attached hydrogens (tertiary/aromatic N) is 3. The number of aromatic nitrogens is 2. The number of methoxy groups -OCH3 is 1. The first-order valence-electron chi connectivity index (χ1n) is 10.5. The Morgan fingerprint density at radius 2 is 1.82 bits per heavy atom. The van der Waals surface area contributed by atoms with Crippen LogP contribution in [-0.2, 0) is 18.4 Å². The summed E-state index contributed by atoms with van der Waals surface area (Å²) in [6, 6.07) is 11.7. The van der Waals surface area contributed by atoms with Gasteiger partial charge in [-0.05, 0) is 56.3 Å². The minimum absolute atomic E-state index is 0.188. The van der Waals surface area contributed by atoms with Gasteiger partial charge in [0, 0.05) is 41.5 Å². The van der Waals surface area contributed by atoms with E-state index in [1.54, 1.807) is 54.3 Å². The summed E-state index contributed by atoms with van der Waals surface area (Å²) in [4.78, 5) is 28.8. The van der Waals surface area contributed by atoms with Crippen LogP contribution in [0, 0.1) is 13.8 Å². The zero-order chi connectivity index (χ0) is 24.8. The molecular formula is C24H27ClN6O3. The highest BCUT2D eigenvalue weighted by Crippen LogP contribution is 2.27. The molecule has 0 atom stereocenters. The SMILES string of the molecule is COc1ccc(Cl)cc1NC(=NCc1c(C)nn(C)c1C)NC(=O)c1ccc(NC(C)=O)cc1. The van der Waals surface area contributed by atoms with Crippen molar-refractivity contribution in [1.29, 1.82) is 0 Å². The Balaban J connectivity index is 1.88. The molecule has 3 N–H and O–H groups in total. The number of nitrogens with one attached hydrogen (secondary N) is 3. The molecule has 0 saturated heterocycles. The van der Waals surface area contributed by atoms with E-state index in [4.69, 9.17) is 16.3 Å². The number of guanidine groups is 1. The van der Waals surface area contributed by atoms with Gasteiger partial charge in [-0.2, -0.15) is 5.10 Å². The fourth-order valence-corrected chi connectivity index (χ4v) is 3.48. The smallest absolute Gasteiger partial charge is 0.257 e. The second-order valence-corrected chi connectivity index (χ2v) is 8.06. The summed E-state index contributed by atoms with van der Waals surface area (Å²) in [6.07, 6.45) is 0. The highest BCUT2D eigenvalue weighted by molar-refractivity contribution is 6.31. The van der Waals surface area contributed by atoms with Crippen molar-refractivity contribution in [3.8, 4) is 5.75 Å². The Labute approximate surface area is 203 Å². The van der Waals surface area contributed by atoms with Crippen molar-refractivity contribution in [2.45, 2.75) is 27.3 Å². The lowest BCUT2D eigenvalue weighted by atomic mass is 10.2. The van der Waals surface area contributed by atoms with Gasteiger partial charge in [0.25, 0.3) is 5.91 Å². The van der Waals surface area contributed by atoms with Crippen molar-refractivity contribution >= 4 is 40.7 Å². The van der Waals surface area contributed by atoms with Crippen LogP contribution in [0.25, 0.3) is 0 Å². The summed E-state index contributed by atoms with van der Waals surface area (Å²) in [7, 11) is 3.42. The van der Waals surface area contributed by atoms with E-state index in [2.05, 4.69) is 26.0 Å². The van der Waals surface area contributed by atoms with E-state index in [0.717, 1.165) is 17.0 Å². The number of aliphatic imine (C=N–C) groups is 1. The molecule has 2 amide bonds. The summed E-state index contributed by atoms with van der Waals surface area (Å²) < 4.78 is 7.20. The Morgan fingerprint density at radius 3 is 2.41 bits per heavy atom. The Hall–Kier alpha value is -3.85. The van der Waals surface area contributed by atoms with Crippen LogP contribution >= 0.6 is 11.6 Å². The van der Waals surface area contributed by atoms with Gasteiger partial charge in [0.2, 0.25) is 11.9 Å². The normalized spacial score (nSPS) is 11.2. The minimum atomic E-state index is -0.374. The molecule has 0 spiro atoms. The third-order valence-corrected chi connectivity index (χ3v) is 5.40. The highest BCUT2D eigenvalue weighted by atomic mass is 35.5. The summed E-state index contributed by atoms with van der Waals surface area (Å²) in [5, 5.41) is 13.5. The number of hydrogen-bond acceptors (Lipinski definition) is 5. The van der Waals surface area contributed by atoms with Gasteiger partial charge < -0.3 is 15.4 Å². The van der Waals surface area contributed by atoms with Gasteiger partial charge >= 0.3 is 0 Å². The maximum Gasteiger partial charge on any atom is 0.257 e. The van der Waals surface area contributed by atoms with Crippen LogP contribution in [-0.4, -0.2) is 34.7 Å². The number of carbonyl (C=O) groups excluding carboxylic acids is 2. The van der Waals surface area contributed by atoms with Crippen molar-refractivity contribution < 1.29 is 14.3 Å². The predicted molar refractivity (Wildman–Crippen MR) is 134 cm³/mol. The molecule has 0 aliphatic carbocycles. The molecule has 3 rings (SSSR count). The van der Waals surface area contributed by atoms with E-state index in [-0.39, 0.29) is 17.8 Å². The van der Waals surface area contributed by atoms with Crippen molar-refractivity contribution in [2.75, 3.05) is 17.7 Å². The number of hydrogen-bond donors (Lipinski definition) is 3. The largest absolute Gasteiger partial charge is 0.495 e. The van der Waals surface area contributed by atoms with E-state index in [1.807, 2.05) is 20.9 Å². The van der Waals surface area contributed by atoms with E-state index in [9.17, 15) is 9.59 Å². The zero-order valence-electron chi connectivity index (χ0n) is 19.7. The number of ether oxygens (including phenoxy) is 1. The maximum absolute atomic E-state index is 13.0. The van der Waals surface area contributed by atoms with Crippen LogP contribution in [0.15, 0.2) is 47.5 Å². The second kappa shape index (κ2) is 10.8. The van der Waals surface area contributed by atoms with Gasteiger partial charge in [0.1, 0.15) is 5.75 Å². The van der Waals surface area contributed by atoms with E-state index in [0.29, 0.717) is 34.3 Å². The number of benzene rings is 2. The number of rotatable bonds is 6. The highest BCUT2D eigenvalue weighted by Gasteiger charge is 2.14. The summed E-state index contributed by atoms with van der Waals surface area (Å²) >= 11 is 6.16. The van der Waals surface area contributed by atoms with Gasteiger partial charge in [-0.1, -0.05) is 11.6 Å². The minimum Gasteiger partial charge on any atom is -0.495 e. The third kappa shape index (κ3) is 6.14. The molecule has 2 aromatic carbocycles. The monoisotopic (exact) mass is 482 g/mol.